The number of anilines is 1. The molecule has 0 spiro atoms. The van der Waals surface area contributed by atoms with Crippen molar-refractivity contribution in [1.29, 1.82) is 0 Å². The number of ether oxygens (including phenoxy) is 1. The number of nitrogens with one attached hydrogen (secondary N) is 1. The SMILES string of the molecule is COc1ccccc1N(C)S(=O)(=O)c1ccc(C(=O)NCCc2ccccc2)cc1. The maximum atomic E-state index is 13.0. The molecule has 3 rings (SSSR count). The number of amides is 1. The van der Waals surface area contributed by atoms with Gasteiger partial charge in [0.25, 0.3) is 15.9 Å². The van der Waals surface area contributed by atoms with Crippen LogP contribution in [0.3, 0.4) is 0 Å². The zero-order valence-corrected chi connectivity index (χ0v) is 17.7. The standard InChI is InChI=1S/C23H24N2O4S/c1-25(21-10-6-7-11-22(21)29-2)30(27,28)20-14-12-19(13-15-20)23(26)24-17-16-18-8-4-3-5-9-18/h3-15H,16-17H2,1-2H3,(H,24,26). The fraction of sp³-hybridized carbons (Fsp3) is 0.174. The first-order chi connectivity index (χ1) is 14.4. The van der Waals surface area contributed by atoms with E-state index in [0.717, 1.165) is 12.0 Å². The summed E-state index contributed by atoms with van der Waals surface area (Å²) in [5, 5.41) is 2.85. The molecule has 3 aromatic carbocycles. The third-order valence-corrected chi connectivity index (χ3v) is 6.53. The number of hydrogen-bond acceptors (Lipinski definition) is 4. The van der Waals surface area contributed by atoms with Gasteiger partial charge in [0, 0.05) is 19.2 Å². The van der Waals surface area contributed by atoms with Crippen molar-refractivity contribution in [2.24, 2.45) is 0 Å². The van der Waals surface area contributed by atoms with E-state index in [2.05, 4.69) is 5.32 Å². The lowest BCUT2D eigenvalue weighted by atomic mass is 10.1. The molecule has 3 aromatic rings. The van der Waals surface area contributed by atoms with E-state index in [9.17, 15) is 13.2 Å². The Kier molecular flexibility index (Phi) is 6.74. The Balaban J connectivity index is 1.68. The Morgan fingerprint density at radius 3 is 2.23 bits per heavy atom. The van der Waals surface area contributed by atoms with Crippen molar-refractivity contribution in [2.75, 3.05) is 25.0 Å². The van der Waals surface area contributed by atoms with Gasteiger partial charge in [-0.3, -0.25) is 9.10 Å². The van der Waals surface area contributed by atoms with E-state index in [0.29, 0.717) is 23.5 Å². The van der Waals surface area contributed by atoms with Crippen molar-refractivity contribution in [3.8, 4) is 5.75 Å². The Bertz CT molecular complexity index is 1100. The molecule has 30 heavy (non-hydrogen) atoms. The summed E-state index contributed by atoms with van der Waals surface area (Å²) in [6.07, 6.45) is 0.725. The van der Waals surface area contributed by atoms with E-state index in [-0.39, 0.29) is 10.8 Å². The summed E-state index contributed by atoms with van der Waals surface area (Å²) >= 11 is 0. The molecule has 0 radical (unpaired) electrons. The first-order valence-corrected chi connectivity index (χ1v) is 10.9. The summed E-state index contributed by atoms with van der Waals surface area (Å²) in [5.74, 6) is 0.214. The lowest BCUT2D eigenvalue weighted by molar-refractivity contribution is 0.0954. The molecule has 0 fully saturated rings. The topological polar surface area (TPSA) is 75.7 Å². The monoisotopic (exact) mass is 424 g/mol. The maximum absolute atomic E-state index is 13.0. The second kappa shape index (κ2) is 9.45. The number of carbonyl (C=O) groups excluding carboxylic acids is 1. The number of carbonyl (C=O) groups is 1. The van der Waals surface area contributed by atoms with Gasteiger partial charge in [-0.2, -0.15) is 0 Å². The minimum absolute atomic E-state index is 0.0942. The zero-order valence-electron chi connectivity index (χ0n) is 16.9. The molecule has 156 valence electrons. The lowest BCUT2D eigenvalue weighted by Gasteiger charge is -2.21. The normalized spacial score (nSPS) is 11.0. The molecule has 7 heteroatoms. The predicted octanol–water partition coefficient (Wildman–Crippen LogP) is 3.49. The number of hydrogen-bond donors (Lipinski definition) is 1. The van der Waals surface area contributed by atoms with Crippen LogP contribution in [-0.2, 0) is 16.4 Å². The first-order valence-electron chi connectivity index (χ1n) is 9.47. The first kappa shape index (κ1) is 21.4. The van der Waals surface area contributed by atoms with Gasteiger partial charge < -0.3 is 10.1 Å². The Morgan fingerprint density at radius 1 is 0.933 bits per heavy atom. The summed E-state index contributed by atoms with van der Waals surface area (Å²) in [4.78, 5) is 12.4. The van der Waals surface area contributed by atoms with E-state index < -0.39 is 10.0 Å². The van der Waals surface area contributed by atoms with Gasteiger partial charge >= 0.3 is 0 Å². The highest BCUT2D eigenvalue weighted by Crippen LogP contribution is 2.30. The van der Waals surface area contributed by atoms with Crippen LogP contribution >= 0.6 is 0 Å². The summed E-state index contributed by atoms with van der Waals surface area (Å²) in [7, 11) is -0.838. The van der Waals surface area contributed by atoms with Gasteiger partial charge in [-0.15, -0.1) is 0 Å². The number of nitrogens with zero attached hydrogens (tertiary/aromatic N) is 1. The molecular weight excluding hydrogens is 400 g/mol. The van der Waals surface area contributed by atoms with Crippen LogP contribution in [0.25, 0.3) is 0 Å². The van der Waals surface area contributed by atoms with Crippen LogP contribution in [0, 0.1) is 0 Å². The molecule has 0 heterocycles. The molecular formula is C23H24N2O4S. The molecule has 0 aliphatic carbocycles. The number of rotatable bonds is 8. The maximum Gasteiger partial charge on any atom is 0.264 e. The second-order valence-electron chi connectivity index (χ2n) is 6.66. The van der Waals surface area contributed by atoms with Crippen LogP contribution in [0.15, 0.2) is 83.8 Å². The number of benzene rings is 3. The van der Waals surface area contributed by atoms with Gasteiger partial charge in [0.2, 0.25) is 0 Å². The zero-order chi connectivity index (χ0) is 21.6. The summed E-state index contributed by atoms with van der Waals surface area (Å²) in [6.45, 7) is 0.499. The molecule has 0 unspecified atom stereocenters. The number of para-hydroxylation sites is 2. The highest BCUT2D eigenvalue weighted by molar-refractivity contribution is 7.92. The molecule has 0 aliphatic rings. The smallest absolute Gasteiger partial charge is 0.264 e. The Morgan fingerprint density at radius 2 is 1.57 bits per heavy atom. The molecule has 0 saturated heterocycles. The molecule has 0 aliphatic heterocycles. The largest absolute Gasteiger partial charge is 0.495 e. The Labute approximate surface area is 177 Å². The van der Waals surface area contributed by atoms with Crippen LogP contribution < -0.4 is 14.4 Å². The van der Waals surface area contributed by atoms with Gasteiger partial charge in [-0.05, 0) is 48.4 Å². The van der Waals surface area contributed by atoms with Crippen LogP contribution in [0.1, 0.15) is 15.9 Å². The molecule has 0 atom stereocenters. The van der Waals surface area contributed by atoms with Crippen molar-refractivity contribution in [2.45, 2.75) is 11.3 Å². The van der Waals surface area contributed by atoms with Crippen LogP contribution in [0.5, 0.6) is 5.75 Å². The third-order valence-electron chi connectivity index (χ3n) is 4.74. The minimum Gasteiger partial charge on any atom is -0.495 e. The summed E-state index contributed by atoms with van der Waals surface area (Å²) in [6, 6.07) is 22.7. The average Bonchev–Trinajstić information content (AvgIpc) is 2.79. The fourth-order valence-electron chi connectivity index (χ4n) is 3.02. The van der Waals surface area contributed by atoms with E-state index in [1.54, 1.807) is 24.3 Å². The van der Waals surface area contributed by atoms with Gasteiger partial charge in [0.15, 0.2) is 0 Å². The van der Waals surface area contributed by atoms with Crippen LogP contribution in [0.4, 0.5) is 5.69 Å². The molecule has 0 aromatic heterocycles. The molecule has 0 saturated carbocycles. The molecule has 1 amide bonds. The highest BCUT2D eigenvalue weighted by Gasteiger charge is 2.23. The van der Waals surface area contributed by atoms with Gasteiger partial charge in [-0.1, -0.05) is 42.5 Å². The van der Waals surface area contributed by atoms with Crippen molar-refractivity contribution < 1.29 is 17.9 Å². The van der Waals surface area contributed by atoms with Crippen molar-refractivity contribution in [1.82, 2.24) is 5.32 Å². The van der Waals surface area contributed by atoms with E-state index in [4.69, 9.17) is 4.74 Å². The van der Waals surface area contributed by atoms with Crippen molar-refractivity contribution in [3.63, 3.8) is 0 Å². The van der Waals surface area contributed by atoms with E-state index >= 15 is 0 Å². The van der Waals surface area contributed by atoms with E-state index in [1.807, 2.05) is 30.3 Å². The molecule has 6 nitrogen and oxygen atoms in total. The lowest BCUT2D eigenvalue weighted by Crippen LogP contribution is -2.27. The van der Waals surface area contributed by atoms with Crippen LogP contribution in [-0.4, -0.2) is 35.0 Å². The van der Waals surface area contributed by atoms with Crippen molar-refractivity contribution >= 4 is 21.6 Å². The fourth-order valence-corrected chi connectivity index (χ4v) is 4.23. The van der Waals surface area contributed by atoms with Gasteiger partial charge in [-0.25, -0.2) is 8.42 Å². The van der Waals surface area contributed by atoms with Gasteiger partial charge in [0.1, 0.15) is 5.75 Å². The van der Waals surface area contributed by atoms with E-state index in [1.165, 1.54) is 42.7 Å². The van der Waals surface area contributed by atoms with Gasteiger partial charge in [0.05, 0.1) is 17.7 Å². The number of methoxy groups -OCH3 is 1. The van der Waals surface area contributed by atoms with Crippen LogP contribution in [0.2, 0.25) is 0 Å². The number of sulfonamides is 1. The molecule has 0 bridgehead atoms. The Hall–Kier alpha value is -3.32. The minimum atomic E-state index is -3.80. The summed E-state index contributed by atoms with van der Waals surface area (Å²) in [5.41, 5.74) is 1.98. The third kappa shape index (κ3) is 4.80. The van der Waals surface area contributed by atoms with Crippen molar-refractivity contribution in [3.05, 3.63) is 90.0 Å². The second-order valence-corrected chi connectivity index (χ2v) is 8.63. The molecule has 1 N–H and O–H groups in total. The quantitative estimate of drug-likeness (QED) is 0.601. The average molecular weight is 425 g/mol. The predicted molar refractivity (Wildman–Crippen MR) is 118 cm³/mol. The summed E-state index contributed by atoms with van der Waals surface area (Å²) < 4.78 is 32.4. The highest BCUT2D eigenvalue weighted by atomic mass is 32.2.